The number of anilines is 1. The summed E-state index contributed by atoms with van der Waals surface area (Å²) in [7, 11) is 1.31. The highest BCUT2D eigenvalue weighted by atomic mass is 19.2. The summed E-state index contributed by atoms with van der Waals surface area (Å²) in [5.41, 5.74) is 2.95. The van der Waals surface area contributed by atoms with Gasteiger partial charge in [-0.3, -0.25) is 0 Å². The third-order valence-corrected chi connectivity index (χ3v) is 4.14. The van der Waals surface area contributed by atoms with Crippen molar-refractivity contribution in [2.24, 2.45) is 0 Å². The van der Waals surface area contributed by atoms with Crippen molar-refractivity contribution in [3.05, 3.63) is 29.3 Å². The lowest BCUT2D eigenvalue weighted by molar-refractivity contribution is -0.0296. The first kappa shape index (κ1) is 12.8. The van der Waals surface area contributed by atoms with Crippen LogP contribution in [0.1, 0.15) is 11.1 Å². The van der Waals surface area contributed by atoms with E-state index in [0.29, 0.717) is 6.42 Å². The number of hydrogen-bond donors (Lipinski definition) is 0. The smallest absolute Gasteiger partial charge is 0.188 e. The highest BCUT2D eigenvalue weighted by molar-refractivity contribution is 5.61. The van der Waals surface area contributed by atoms with Crippen LogP contribution in [0.25, 0.3) is 0 Å². The van der Waals surface area contributed by atoms with Gasteiger partial charge in [0.1, 0.15) is 0 Å². The molecule has 0 N–H and O–H groups in total. The van der Waals surface area contributed by atoms with Gasteiger partial charge in [-0.2, -0.15) is 0 Å². The molecule has 0 amide bonds. The second-order valence-electron chi connectivity index (χ2n) is 5.48. The van der Waals surface area contributed by atoms with E-state index in [-0.39, 0.29) is 6.54 Å². The van der Waals surface area contributed by atoms with E-state index in [1.54, 1.807) is 4.90 Å². The number of fused-ring (bicyclic) bond motifs is 3. The van der Waals surface area contributed by atoms with E-state index in [1.165, 1.54) is 7.05 Å². The largest absolute Gasteiger partial charge is 0.361 e. The second-order valence-corrected chi connectivity index (χ2v) is 5.48. The minimum atomic E-state index is -1.88. The predicted octanol–water partition coefficient (Wildman–Crippen LogP) is 2.60. The highest BCUT2D eigenvalue weighted by Crippen LogP contribution is 2.38. The van der Waals surface area contributed by atoms with Crippen LogP contribution < -0.4 is 4.90 Å². The summed E-state index contributed by atoms with van der Waals surface area (Å²) in [5, 5.41) is 0. The van der Waals surface area contributed by atoms with Crippen LogP contribution in [0.15, 0.2) is 18.2 Å². The Hall–Kier alpha value is -1.23. The molecule has 2 aliphatic heterocycles. The van der Waals surface area contributed by atoms with Gasteiger partial charge in [-0.1, -0.05) is 17.7 Å². The Morgan fingerprint density at radius 1 is 1.16 bits per heavy atom. The van der Waals surface area contributed by atoms with Gasteiger partial charge in [-0.15, -0.1) is 0 Å². The van der Waals surface area contributed by atoms with Crippen LogP contribution in [0.3, 0.4) is 0 Å². The van der Waals surface area contributed by atoms with Crippen LogP contribution in [0.4, 0.5) is 18.9 Å². The lowest BCUT2D eigenvalue weighted by Crippen LogP contribution is -2.45. The fourth-order valence-electron chi connectivity index (χ4n) is 3.09. The molecule has 0 aliphatic carbocycles. The van der Waals surface area contributed by atoms with Gasteiger partial charge in [0, 0.05) is 5.69 Å². The molecule has 0 spiro atoms. The minimum absolute atomic E-state index is 0.0906. The van der Waals surface area contributed by atoms with Crippen LogP contribution in [0.2, 0.25) is 0 Å². The Bertz CT molecular complexity index is 494. The van der Waals surface area contributed by atoms with Gasteiger partial charge in [-0.05, 0) is 32.0 Å². The predicted molar refractivity (Wildman–Crippen MR) is 68.5 cm³/mol. The normalized spacial score (nSPS) is 34.9. The Balaban J connectivity index is 2.00. The van der Waals surface area contributed by atoms with Crippen molar-refractivity contribution < 1.29 is 13.2 Å². The van der Waals surface area contributed by atoms with Crippen LogP contribution in [0.5, 0.6) is 0 Å². The van der Waals surface area contributed by atoms with E-state index in [0.717, 1.165) is 21.7 Å². The lowest BCUT2D eigenvalue weighted by Gasteiger charge is -2.29. The Morgan fingerprint density at radius 3 is 2.63 bits per heavy atom. The van der Waals surface area contributed by atoms with Crippen molar-refractivity contribution in [3.63, 3.8) is 0 Å². The summed E-state index contributed by atoms with van der Waals surface area (Å²) < 4.78 is 41.9. The molecule has 4 atom stereocenters. The zero-order valence-electron chi connectivity index (χ0n) is 11.0. The van der Waals surface area contributed by atoms with Crippen LogP contribution in [0, 0.1) is 6.92 Å². The first-order chi connectivity index (χ1) is 8.99. The number of nitrogens with zero attached hydrogens (tertiary/aromatic N) is 2. The minimum Gasteiger partial charge on any atom is -0.361 e. The average molecular weight is 270 g/mol. The summed E-state index contributed by atoms with van der Waals surface area (Å²) in [5.74, 6) is 0. The summed E-state index contributed by atoms with van der Waals surface area (Å²) >= 11 is 0. The molecule has 2 nitrogen and oxygen atoms in total. The maximum absolute atomic E-state index is 14.4. The van der Waals surface area contributed by atoms with E-state index >= 15 is 0 Å². The topological polar surface area (TPSA) is 6.48 Å². The van der Waals surface area contributed by atoms with Gasteiger partial charge in [-0.25, -0.2) is 18.1 Å². The average Bonchev–Trinajstić information content (AvgIpc) is 2.70. The van der Waals surface area contributed by atoms with E-state index in [9.17, 15) is 13.2 Å². The fourth-order valence-corrected chi connectivity index (χ4v) is 3.09. The van der Waals surface area contributed by atoms with Crippen LogP contribution in [-0.4, -0.2) is 43.3 Å². The molecule has 3 rings (SSSR count). The van der Waals surface area contributed by atoms with Crippen LogP contribution >= 0.6 is 0 Å². The number of benzene rings is 1. The monoisotopic (exact) mass is 270 g/mol. The lowest BCUT2D eigenvalue weighted by atomic mass is 10.1. The quantitative estimate of drug-likeness (QED) is 0.669. The van der Waals surface area contributed by atoms with Crippen molar-refractivity contribution in [2.45, 2.75) is 38.1 Å². The maximum atomic E-state index is 14.4. The molecule has 0 radical (unpaired) electrons. The molecule has 0 saturated carbocycles. The summed E-state index contributed by atoms with van der Waals surface area (Å²) in [4.78, 5) is 2.55. The molecule has 1 aromatic rings. The molecule has 5 heteroatoms. The van der Waals surface area contributed by atoms with Gasteiger partial charge >= 0.3 is 0 Å². The van der Waals surface area contributed by atoms with Crippen LogP contribution in [-0.2, 0) is 6.42 Å². The van der Waals surface area contributed by atoms with Gasteiger partial charge < -0.3 is 4.90 Å². The Morgan fingerprint density at radius 2 is 1.89 bits per heavy atom. The second kappa shape index (κ2) is 4.40. The molecule has 1 aromatic carbocycles. The number of aryl methyl sites for hydroxylation is 1. The molecule has 0 bridgehead atoms. The van der Waals surface area contributed by atoms with Crippen molar-refractivity contribution in [1.82, 2.24) is 4.90 Å². The van der Waals surface area contributed by atoms with Gasteiger partial charge in [0.05, 0.1) is 12.6 Å². The van der Waals surface area contributed by atoms with Crippen molar-refractivity contribution in [1.29, 1.82) is 0 Å². The number of hydrogen-bond acceptors (Lipinski definition) is 2. The molecule has 4 unspecified atom stereocenters. The maximum Gasteiger partial charge on any atom is 0.188 e. The summed E-state index contributed by atoms with van der Waals surface area (Å²) in [6, 6.07) is 5.30. The molecule has 2 heterocycles. The zero-order valence-corrected chi connectivity index (χ0v) is 11.0. The standard InChI is InChI=1S/C14H17F3N2/c1-8-3-4-11-9(5-8)6-12-14(17)18(2)13(16)10(15)7-19(11)12/h3-5,10,12-14H,6-7H2,1-2H3. The summed E-state index contributed by atoms with van der Waals surface area (Å²) in [6.07, 6.45) is -4.57. The number of halogens is 3. The Kier molecular flexibility index (Phi) is 2.96. The molecule has 1 fully saturated rings. The molecule has 19 heavy (non-hydrogen) atoms. The van der Waals surface area contributed by atoms with Gasteiger partial charge in [0.25, 0.3) is 0 Å². The number of rotatable bonds is 0. The third kappa shape index (κ3) is 1.91. The first-order valence-electron chi connectivity index (χ1n) is 6.49. The first-order valence-corrected chi connectivity index (χ1v) is 6.49. The summed E-state index contributed by atoms with van der Waals surface area (Å²) in [6.45, 7) is 1.88. The molecule has 104 valence electrons. The van der Waals surface area contributed by atoms with Crippen molar-refractivity contribution >= 4 is 5.69 Å². The van der Waals surface area contributed by atoms with E-state index in [4.69, 9.17) is 0 Å². The van der Waals surface area contributed by atoms with Crippen molar-refractivity contribution in [2.75, 3.05) is 18.5 Å². The Labute approximate surface area is 110 Å². The van der Waals surface area contributed by atoms with E-state index < -0.39 is 24.8 Å². The molecular weight excluding hydrogens is 253 g/mol. The zero-order chi connectivity index (χ0) is 13.7. The van der Waals surface area contributed by atoms with E-state index in [1.807, 2.05) is 25.1 Å². The molecule has 0 aromatic heterocycles. The number of likely N-dealkylation sites (N-methyl/N-ethyl adjacent to an activating group) is 1. The van der Waals surface area contributed by atoms with E-state index in [2.05, 4.69) is 0 Å². The fraction of sp³-hybridized carbons (Fsp3) is 0.571. The SMILES string of the molecule is Cc1ccc2c(c1)CC1C(F)N(C)C(F)C(F)CN21. The van der Waals surface area contributed by atoms with Gasteiger partial charge in [0.15, 0.2) is 18.8 Å². The van der Waals surface area contributed by atoms with Crippen molar-refractivity contribution in [3.8, 4) is 0 Å². The molecular formula is C14H17F3N2. The van der Waals surface area contributed by atoms with Gasteiger partial charge in [0.2, 0.25) is 0 Å². The molecule has 1 saturated heterocycles. The number of alkyl halides is 3. The molecule has 2 aliphatic rings. The third-order valence-electron chi connectivity index (χ3n) is 4.14. The highest BCUT2D eigenvalue weighted by Gasteiger charge is 2.45.